The first-order chi connectivity index (χ1) is 15.5. The fraction of sp³-hybridized carbons (Fsp3) is 0.259. The Hall–Kier alpha value is -3.44. The lowest BCUT2D eigenvalue weighted by atomic mass is 10.1. The molecule has 0 aliphatic carbocycles. The van der Waals surface area contributed by atoms with Gasteiger partial charge in [0, 0.05) is 25.5 Å². The SMILES string of the molecule is COC[C@H](Cc1ccccc1)n1c(C)nc2ccc(N(C)c3ccc(C)cc3)cc2c1=O. The van der Waals surface area contributed by atoms with Gasteiger partial charge in [-0.15, -0.1) is 0 Å². The van der Waals surface area contributed by atoms with E-state index in [0.29, 0.717) is 29.8 Å². The molecular formula is C27H29N3O2. The lowest BCUT2D eigenvalue weighted by Crippen LogP contribution is -2.32. The Morgan fingerprint density at radius 1 is 0.969 bits per heavy atom. The second kappa shape index (κ2) is 9.37. The number of hydrogen-bond donors (Lipinski definition) is 0. The molecule has 0 aliphatic rings. The van der Waals surface area contributed by atoms with Gasteiger partial charge in [-0.3, -0.25) is 9.36 Å². The van der Waals surface area contributed by atoms with Gasteiger partial charge in [-0.2, -0.15) is 0 Å². The largest absolute Gasteiger partial charge is 0.383 e. The van der Waals surface area contributed by atoms with Crippen LogP contribution in [0, 0.1) is 13.8 Å². The Bertz CT molecular complexity index is 1260. The number of nitrogens with zero attached hydrogens (tertiary/aromatic N) is 3. The summed E-state index contributed by atoms with van der Waals surface area (Å²) in [6.07, 6.45) is 0.700. The Morgan fingerprint density at radius 3 is 2.34 bits per heavy atom. The topological polar surface area (TPSA) is 47.4 Å². The van der Waals surface area contributed by atoms with Crippen molar-refractivity contribution in [3.63, 3.8) is 0 Å². The predicted octanol–water partition coefficient (Wildman–Crippen LogP) is 5.21. The minimum atomic E-state index is -0.134. The Morgan fingerprint density at radius 2 is 1.66 bits per heavy atom. The molecule has 1 atom stereocenters. The number of hydrogen-bond acceptors (Lipinski definition) is 4. The van der Waals surface area contributed by atoms with Crippen LogP contribution in [0.15, 0.2) is 77.6 Å². The van der Waals surface area contributed by atoms with Gasteiger partial charge < -0.3 is 9.64 Å². The molecule has 164 valence electrons. The van der Waals surface area contributed by atoms with Gasteiger partial charge >= 0.3 is 0 Å². The third kappa shape index (κ3) is 4.43. The van der Waals surface area contributed by atoms with Crippen molar-refractivity contribution in [3.8, 4) is 0 Å². The number of aryl methyl sites for hydroxylation is 2. The number of benzene rings is 3. The van der Waals surface area contributed by atoms with Crippen LogP contribution in [0.2, 0.25) is 0 Å². The van der Waals surface area contributed by atoms with E-state index in [1.807, 2.05) is 50.4 Å². The molecule has 0 aliphatic heterocycles. The maximum absolute atomic E-state index is 13.7. The summed E-state index contributed by atoms with van der Waals surface area (Å²) in [5.74, 6) is 0.695. The van der Waals surface area contributed by atoms with Crippen molar-refractivity contribution in [2.24, 2.45) is 0 Å². The first kappa shape index (κ1) is 21.8. The van der Waals surface area contributed by atoms with Crippen molar-refractivity contribution in [2.75, 3.05) is 25.7 Å². The van der Waals surface area contributed by atoms with Crippen LogP contribution in [0.5, 0.6) is 0 Å². The molecule has 4 rings (SSSR count). The van der Waals surface area contributed by atoms with Gasteiger partial charge in [0.2, 0.25) is 0 Å². The van der Waals surface area contributed by atoms with E-state index in [2.05, 4.69) is 48.2 Å². The summed E-state index contributed by atoms with van der Waals surface area (Å²) in [5, 5.41) is 0.612. The molecule has 0 N–H and O–H groups in total. The third-order valence-electron chi connectivity index (χ3n) is 5.91. The summed E-state index contributed by atoms with van der Waals surface area (Å²) < 4.78 is 7.27. The van der Waals surface area contributed by atoms with Crippen LogP contribution in [-0.2, 0) is 11.2 Å². The summed E-state index contributed by atoms with van der Waals surface area (Å²) >= 11 is 0. The molecule has 32 heavy (non-hydrogen) atoms. The minimum Gasteiger partial charge on any atom is -0.383 e. The van der Waals surface area contributed by atoms with Crippen molar-refractivity contribution in [1.82, 2.24) is 9.55 Å². The average Bonchev–Trinajstić information content (AvgIpc) is 2.80. The highest BCUT2D eigenvalue weighted by molar-refractivity contribution is 5.83. The zero-order chi connectivity index (χ0) is 22.7. The molecule has 3 aromatic carbocycles. The predicted molar refractivity (Wildman–Crippen MR) is 131 cm³/mol. The molecule has 5 nitrogen and oxygen atoms in total. The summed E-state index contributed by atoms with van der Waals surface area (Å²) in [7, 11) is 3.68. The van der Waals surface area contributed by atoms with Crippen molar-refractivity contribution >= 4 is 22.3 Å². The molecule has 0 unspecified atom stereocenters. The smallest absolute Gasteiger partial charge is 0.261 e. The Labute approximate surface area is 188 Å². The Balaban J connectivity index is 1.77. The summed E-state index contributed by atoms with van der Waals surface area (Å²) in [4.78, 5) is 20.5. The van der Waals surface area contributed by atoms with E-state index in [1.165, 1.54) is 5.56 Å². The van der Waals surface area contributed by atoms with Gasteiger partial charge in [0.05, 0.1) is 23.6 Å². The summed E-state index contributed by atoms with van der Waals surface area (Å²) in [6.45, 7) is 4.40. The van der Waals surface area contributed by atoms with E-state index in [-0.39, 0.29) is 11.6 Å². The van der Waals surface area contributed by atoms with Crippen molar-refractivity contribution < 1.29 is 4.74 Å². The zero-order valence-electron chi connectivity index (χ0n) is 19.1. The van der Waals surface area contributed by atoms with E-state index in [0.717, 1.165) is 16.9 Å². The first-order valence-corrected chi connectivity index (χ1v) is 10.8. The van der Waals surface area contributed by atoms with E-state index in [4.69, 9.17) is 9.72 Å². The van der Waals surface area contributed by atoms with Crippen LogP contribution >= 0.6 is 0 Å². The summed E-state index contributed by atoms with van der Waals surface area (Å²) in [5.41, 5.74) is 5.06. The van der Waals surface area contributed by atoms with Crippen molar-refractivity contribution in [3.05, 3.63) is 100 Å². The van der Waals surface area contributed by atoms with E-state index in [9.17, 15) is 4.79 Å². The molecule has 5 heteroatoms. The van der Waals surface area contributed by atoms with Crippen LogP contribution < -0.4 is 10.5 Å². The highest BCUT2D eigenvalue weighted by Crippen LogP contribution is 2.26. The van der Waals surface area contributed by atoms with E-state index < -0.39 is 0 Å². The van der Waals surface area contributed by atoms with Crippen LogP contribution in [0.3, 0.4) is 0 Å². The molecule has 4 aromatic rings. The van der Waals surface area contributed by atoms with Gasteiger partial charge in [0.25, 0.3) is 5.56 Å². The maximum atomic E-state index is 13.7. The van der Waals surface area contributed by atoms with E-state index >= 15 is 0 Å². The molecule has 0 spiro atoms. The van der Waals surface area contributed by atoms with Crippen molar-refractivity contribution in [1.29, 1.82) is 0 Å². The number of methoxy groups -OCH3 is 1. The number of ether oxygens (including phenoxy) is 1. The van der Waals surface area contributed by atoms with Gasteiger partial charge in [0.1, 0.15) is 5.82 Å². The van der Waals surface area contributed by atoms with Gasteiger partial charge in [-0.25, -0.2) is 4.98 Å². The molecule has 1 heterocycles. The quantitative estimate of drug-likeness (QED) is 0.406. The molecule has 0 radical (unpaired) electrons. The molecule has 0 saturated heterocycles. The number of anilines is 2. The lowest BCUT2D eigenvalue weighted by molar-refractivity contribution is 0.152. The molecule has 0 fully saturated rings. The zero-order valence-corrected chi connectivity index (χ0v) is 19.1. The van der Waals surface area contributed by atoms with E-state index in [1.54, 1.807) is 11.7 Å². The number of rotatable bonds is 7. The fourth-order valence-electron chi connectivity index (χ4n) is 4.16. The second-order valence-corrected chi connectivity index (χ2v) is 8.23. The van der Waals surface area contributed by atoms with Gasteiger partial charge in [0.15, 0.2) is 0 Å². The van der Waals surface area contributed by atoms with Crippen LogP contribution in [0.4, 0.5) is 11.4 Å². The monoisotopic (exact) mass is 427 g/mol. The number of aromatic nitrogens is 2. The molecular weight excluding hydrogens is 398 g/mol. The molecule has 0 bridgehead atoms. The van der Waals surface area contributed by atoms with Crippen LogP contribution in [0.1, 0.15) is 23.0 Å². The first-order valence-electron chi connectivity index (χ1n) is 10.8. The number of fused-ring (bicyclic) bond motifs is 1. The lowest BCUT2D eigenvalue weighted by Gasteiger charge is -2.23. The van der Waals surface area contributed by atoms with Crippen LogP contribution in [0.25, 0.3) is 10.9 Å². The van der Waals surface area contributed by atoms with Gasteiger partial charge in [-0.05, 0) is 56.2 Å². The normalized spacial score (nSPS) is 12.1. The molecule has 0 saturated carbocycles. The van der Waals surface area contributed by atoms with Crippen LogP contribution in [-0.4, -0.2) is 30.3 Å². The molecule has 1 aromatic heterocycles. The third-order valence-corrected chi connectivity index (χ3v) is 5.91. The fourth-order valence-corrected chi connectivity index (χ4v) is 4.16. The molecule has 0 amide bonds. The maximum Gasteiger partial charge on any atom is 0.261 e. The van der Waals surface area contributed by atoms with Gasteiger partial charge in [-0.1, -0.05) is 48.0 Å². The second-order valence-electron chi connectivity index (χ2n) is 8.23. The summed E-state index contributed by atoms with van der Waals surface area (Å²) in [6, 6.07) is 24.3. The standard InChI is InChI=1S/C27H29N3O2/c1-19-10-12-22(13-11-19)29(3)23-14-15-26-25(17-23)27(31)30(20(2)28-26)24(18-32-4)16-21-8-6-5-7-9-21/h5-15,17,24H,16,18H2,1-4H3/t24-/m0/s1. The minimum absolute atomic E-state index is 0.0374. The Kier molecular flexibility index (Phi) is 6.37. The average molecular weight is 428 g/mol. The highest BCUT2D eigenvalue weighted by atomic mass is 16.5. The van der Waals surface area contributed by atoms with Crippen molar-refractivity contribution in [2.45, 2.75) is 26.3 Å². The highest BCUT2D eigenvalue weighted by Gasteiger charge is 2.19.